The topological polar surface area (TPSA) is 104 Å². The number of nitrogens with zero attached hydrogens (tertiary/aromatic N) is 4. The fourth-order valence-electron chi connectivity index (χ4n) is 3.47. The van der Waals surface area contributed by atoms with Crippen LogP contribution in [0.3, 0.4) is 0 Å². The first-order chi connectivity index (χ1) is 14.1. The summed E-state index contributed by atoms with van der Waals surface area (Å²) >= 11 is 0. The van der Waals surface area contributed by atoms with Gasteiger partial charge < -0.3 is 10.2 Å². The molecule has 0 aliphatic carbocycles. The summed E-state index contributed by atoms with van der Waals surface area (Å²) in [5.41, 5.74) is 3.79. The van der Waals surface area contributed by atoms with Crippen LogP contribution in [0.25, 0.3) is 11.3 Å². The highest BCUT2D eigenvalue weighted by molar-refractivity contribution is 5.95. The number of aryl methyl sites for hydroxylation is 1. The molecule has 8 heteroatoms. The molecule has 0 bridgehead atoms. The van der Waals surface area contributed by atoms with Gasteiger partial charge in [-0.3, -0.25) is 24.7 Å². The summed E-state index contributed by atoms with van der Waals surface area (Å²) in [5.74, 6) is -0.241. The maximum atomic E-state index is 12.8. The summed E-state index contributed by atoms with van der Waals surface area (Å²) in [6.07, 6.45) is 8.03. The van der Waals surface area contributed by atoms with Crippen molar-refractivity contribution in [3.8, 4) is 11.3 Å². The zero-order chi connectivity index (χ0) is 20.2. The van der Waals surface area contributed by atoms with Crippen LogP contribution >= 0.6 is 0 Å². The van der Waals surface area contributed by atoms with Crippen molar-refractivity contribution in [1.82, 2.24) is 25.1 Å². The number of piperidine rings is 1. The highest BCUT2D eigenvalue weighted by Gasteiger charge is 2.29. The van der Waals surface area contributed by atoms with Crippen molar-refractivity contribution in [3.63, 3.8) is 0 Å². The van der Waals surface area contributed by atoms with Crippen molar-refractivity contribution in [3.05, 3.63) is 60.3 Å². The van der Waals surface area contributed by atoms with Crippen LogP contribution in [0.15, 0.2) is 49.1 Å². The van der Waals surface area contributed by atoms with Crippen molar-refractivity contribution in [2.75, 3.05) is 18.4 Å². The number of nitrogens with one attached hydrogen (secondary N) is 2. The largest absolute Gasteiger partial charge is 0.337 e. The Morgan fingerprint density at radius 3 is 2.55 bits per heavy atom. The average molecular weight is 390 g/mol. The Kier molecular flexibility index (Phi) is 5.33. The van der Waals surface area contributed by atoms with E-state index in [1.54, 1.807) is 41.8 Å². The number of amides is 2. The van der Waals surface area contributed by atoms with Crippen molar-refractivity contribution in [2.24, 2.45) is 5.92 Å². The molecule has 4 rings (SSSR count). The minimum atomic E-state index is -0.120. The van der Waals surface area contributed by atoms with E-state index in [0.29, 0.717) is 31.6 Å². The monoisotopic (exact) mass is 390 g/mol. The lowest BCUT2D eigenvalue weighted by Crippen LogP contribution is -2.41. The van der Waals surface area contributed by atoms with Gasteiger partial charge in [0.2, 0.25) is 5.91 Å². The molecule has 8 nitrogen and oxygen atoms in total. The third kappa shape index (κ3) is 4.16. The van der Waals surface area contributed by atoms with Gasteiger partial charge in [-0.05, 0) is 49.6 Å². The average Bonchev–Trinajstić information content (AvgIpc) is 3.26. The number of carbonyl (C=O) groups is 2. The van der Waals surface area contributed by atoms with Gasteiger partial charge in [0.05, 0.1) is 5.69 Å². The van der Waals surface area contributed by atoms with Crippen LogP contribution < -0.4 is 5.32 Å². The molecule has 0 atom stereocenters. The number of pyridine rings is 2. The lowest BCUT2D eigenvalue weighted by atomic mass is 9.95. The van der Waals surface area contributed by atoms with Gasteiger partial charge in [-0.25, -0.2) is 0 Å². The zero-order valence-corrected chi connectivity index (χ0v) is 16.1. The second-order valence-electron chi connectivity index (χ2n) is 7.15. The van der Waals surface area contributed by atoms with Crippen LogP contribution in [-0.2, 0) is 4.79 Å². The highest BCUT2D eigenvalue weighted by Crippen LogP contribution is 2.23. The van der Waals surface area contributed by atoms with Crippen LogP contribution in [0.2, 0.25) is 0 Å². The summed E-state index contributed by atoms with van der Waals surface area (Å²) in [7, 11) is 0. The molecule has 0 aromatic carbocycles. The molecule has 1 fully saturated rings. The van der Waals surface area contributed by atoms with E-state index in [4.69, 9.17) is 0 Å². The predicted octanol–water partition coefficient (Wildman–Crippen LogP) is 2.67. The van der Waals surface area contributed by atoms with Crippen LogP contribution in [0.5, 0.6) is 0 Å². The third-order valence-electron chi connectivity index (χ3n) is 5.22. The van der Waals surface area contributed by atoms with Gasteiger partial charge in [0.25, 0.3) is 5.91 Å². The molecule has 2 amide bonds. The fourth-order valence-corrected chi connectivity index (χ4v) is 3.47. The van der Waals surface area contributed by atoms with Gasteiger partial charge in [0.1, 0.15) is 0 Å². The van der Waals surface area contributed by atoms with Gasteiger partial charge in [-0.1, -0.05) is 0 Å². The molecule has 1 saturated heterocycles. The summed E-state index contributed by atoms with van der Waals surface area (Å²) in [6.45, 7) is 2.97. The quantitative estimate of drug-likeness (QED) is 0.713. The Morgan fingerprint density at radius 2 is 1.83 bits per heavy atom. The van der Waals surface area contributed by atoms with E-state index < -0.39 is 0 Å². The van der Waals surface area contributed by atoms with Crippen LogP contribution in [0, 0.1) is 12.8 Å². The maximum Gasteiger partial charge on any atom is 0.274 e. The molecule has 0 spiro atoms. The van der Waals surface area contributed by atoms with Crippen molar-refractivity contribution in [1.29, 1.82) is 0 Å². The minimum absolute atomic E-state index is 0.00820. The molecule has 3 aromatic rings. The summed E-state index contributed by atoms with van der Waals surface area (Å²) < 4.78 is 0. The molecule has 0 radical (unpaired) electrons. The Morgan fingerprint density at radius 1 is 1.10 bits per heavy atom. The first kappa shape index (κ1) is 18.8. The summed E-state index contributed by atoms with van der Waals surface area (Å²) in [4.78, 5) is 35.1. The fraction of sp³-hybridized carbons (Fsp3) is 0.286. The second-order valence-corrected chi connectivity index (χ2v) is 7.15. The van der Waals surface area contributed by atoms with E-state index in [-0.39, 0.29) is 17.7 Å². The second kappa shape index (κ2) is 8.22. The van der Waals surface area contributed by atoms with E-state index >= 15 is 0 Å². The van der Waals surface area contributed by atoms with Gasteiger partial charge in [0.15, 0.2) is 5.69 Å². The van der Waals surface area contributed by atoms with Crippen molar-refractivity contribution < 1.29 is 9.59 Å². The van der Waals surface area contributed by atoms with Crippen molar-refractivity contribution >= 4 is 17.5 Å². The molecule has 0 saturated carbocycles. The smallest absolute Gasteiger partial charge is 0.274 e. The third-order valence-corrected chi connectivity index (χ3v) is 5.22. The Hall–Kier alpha value is -3.55. The predicted molar refractivity (Wildman–Crippen MR) is 108 cm³/mol. The van der Waals surface area contributed by atoms with Crippen molar-refractivity contribution in [2.45, 2.75) is 19.8 Å². The molecule has 29 heavy (non-hydrogen) atoms. The Bertz CT molecular complexity index is 1010. The molecule has 1 aliphatic rings. The summed E-state index contributed by atoms with van der Waals surface area (Å²) in [5, 5.41) is 10.0. The molecular weight excluding hydrogens is 368 g/mol. The number of carbonyl (C=O) groups excluding carboxylic acids is 2. The SMILES string of the molecule is Cc1cnccc1NC(=O)C1CCN(C(=O)c2cc(-c3ccncc3)[nH]n2)CC1. The maximum absolute atomic E-state index is 12.8. The van der Waals surface area contributed by atoms with E-state index in [9.17, 15) is 9.59 Å². The number of hydrogen-bond acceptors (Lipinski definition) is 5. The standard InChI is InChI=1S/C21H22N6O2/c1-14-13-23-9-4-17(14)24-20(28)16-5-10-27(11-6-16)21(29)19-12-18(25-26-19)15-2-7-22-8-3-15/h2-4,7-9,12-13,16H,5-6,10-11H2,1H3,(H,25,26)(H,23,24,28). The van der Waals surface area contributed by atoms with Gasteiger partial charge in [-0.15, -0.1) is 0 Å². The highest BCUT2D eigenvalue weighted by atomic mass is 16.2. The number of hydrogen-bond donors (Lipinski definition) is 2. The molecule has 3 aromatic heterocycles. The lowest BCUT2D eigenvalue weighted by Gasteiger charge is -2.31. The molecule has 4 heterocycles. The molecular formula is C21H22N6O2. The number of aromatic amines is 1. The van der Waals surface area contributed by atoms with E-state index in [1.165, 1.54) is 0 Å². The van der Waals surface area contributed by atoms with E-state index in [2.05, 4.69) is 25.5 Å². The molecule has 1 aliphatic heterocycles. The van der Waals surface area contributed by atoms with E-state index in [0.717, 1.165) is 22.5 Å². The number of aromatic nitrogens is 4. The number of rotatable bonds is 4. The summed E-state index contributed by atoms with van der Waals surface area (Å²) in [6, 6.07) is 7.26. The first-order valence-corrected chi connectivity index (χ1v) is 9.58. The minimum Gasteiger partial charge on any atom is -0.337 e. The zero-order valence-electron chi connectivity index (χ0n) is 16.1. The molecule has 148 valence electrons. The Balaban J connectivity index is 1.35. The Labute approximate surface area is 168 Å². The first-order valence-electron chi connectivity index (χ1n) is 9.58. The number of H-pyrrole nitrogens is 1. The van der Waals surface area contributed by atoms with Crippen LogP contribution in [0.4, 0.5) is 5.69 Å². The number of likely N-dealkylation sites (tertiary alicyclic amines) is 1. The van der Waals surface area contributed by atoms with Gasteiger partial charge >= 0.3 is 0 Å². The molecule has 2 N–H and O–H groups in total. The van der Waals surface area contributed by atoms with Crippen LogP contribution in [0.1, 0.15) is 28.9 Å². The normalized spacial score (nSPS) is 14.6. The van der Waals surface area contributed by atoms with Gasteiger partial charge in [0, 0.05) is 55.0 Å². The molecule has 0 unspecified atom stereocenters. The number of anilines is 1. The lowest BCUT2D eigenvalue weighted by molar-refractivity contribution is -0.121. The van der Waals surface area contributed by atoms with E-state index in [1.807, 2.05) is 19.1 Å². The van der Waals surface area contributed by atoms with Gasteiger partial charge in [-0.2, -0.15) is 5.10 Å². The van der Waals surface area contributed by atoms with Crippen LogP contribution in [-0.4, -0.2) is 50.0 Å².